The Morgan fingerprint density at radius 2 is 1.79 bits per heavy atom. The van der Waals surface area contributed by atoms with Crippen molar-refractivity contribution in [3.8, 4) is 5.75 Å². The normalized spacial score (nSPS) is 21.2. The summed E-state index contributed by atoms with van der Waals surface area (Å²) in [6, 6.07) is 5.62. The zero-order valence-corrected chi connectivity index (χ0v) is 18.5. The number of hydrogen-bond donors (Lipinski definition) is 0. The van der Waals surface area contributed by atoms with Crippen LogP contribution >= 0.6 is 0 Å². The number of aromatic nitrogens is 2. The van der Waals surface area contributed by atoms with Crippen LogP contribution in [0.4, 0.5) is 4.39 Å². The molecule has 0 aliphatic carbocycles. The van der Waals surface area contributed by atoms with E-state index >= 15 is 0 Å². The lowest BCUT2D eigenvalue weighted by Crippen LogP contribution is -2.59. The van der Waals surface area contributed by atoms with Gasteiger partial charge in [0, 0.05) is 19.6 Å². The summed E-state index contributed by atoms with van der Waals surface area (Å²) < 4.78 is 35.3. The highest BCUT2D eigenvalue weighted by atomic mass is 19.1. The van der Waals surface area contributed by atoms with Gasteiger partial charge in [0.15, 0.2) is 0 Å². The summed E-state index contributed by atoms with van der Waals surface area (Å²) in [5.74, 6) is -0.178. The van der Waals surface area contributed by atoms with E-state index in [0.29, 0.717) is 50.0 Å². The van der Waals surface area contributed by atoms with Crippen LogP contribution in [0, 0.1) is 12.7 Å². The van der Waals surface area contributed by atoms with Gasteiger partial charge < -0.3 is 24.0 Å². The Balaban J connectivity index is 1.48. The quantitative estimate of drug-likeness (QED) is 0.600. The van der Waals surface area contributed by atoms with Crippen molar-refractivity contribution < 1.29 is 32.8 Å². The van der Waals surface area contributed by atoms with Crippen LogP contribution in [0.2, 0.25) is 0 Å². The number of aryl methyl sites for hydroxylation is 1. The van der Waals surface area contributed by atoms with E-state index in [2.05, 4.69) is 14.9 Å². The minimum absolute atomic E-state index is 0.0308. The average Bonchev–Trinajstić information content (AvgIpc) is 3.23. The third-order valence-corrected chi connectivity index (χ3v) is 5.82. The minimum Gasteiger partial charge on any atom is -0.490 e. The maximum atomic E-state index is 13.3. The molecule has 178 valence electrons. The van der Waals surface area contributed by atoms with Crippen molar-refractivity contribution in [3.63, 3.8) is 0 Å². The fourth-order valence-electron chi connectivity index (χ4n) is 3.91. The van der Waals surface area contributed by atoms with Crippen molar-refractivity contribution in [2.45, 2.75) is 25.4 Å². The van der Waals surface area contributed by atoms with E-state index in [4.69, 9.17) is 14.2 Å². The number of carbonyl (C=O) groups is 2. The number of rotatable bonds is 7. The van der Waals surface area contributed by atoms with Crippen molar-refractivity contribution in [2.75, 3.05) is 52.6 Å². The molecule has 0 spiro atoms. The highest BCUT2D eigenvalue weighted by Crippen LogP contribution is 2.26. The van der Waals surface area contributed by atoms with Gasteiger partial charge in [-0.2, -0.15) is 0 Å². The van der Waals surface area contributed by atoms with E-state index in [-0.39, 0.29) is 50.2 Å². The molecule has 3 heterocycles. The molecular formula is C22H27FN4O6. The van der Waals surface area contributed by atoms with Crippen LogP contribution in [0.1, 0.15) is 17.8 Å². The Morgan fingerprint density at radius 1 is 1.06 bits per heavy atom. The summed E-state index contributed by atoms with van der Waals surface area (Å²) >= 11 is 0. The molecule has 2 aromatic rings. The van der Waals surface area contributed by atoms with E-state index in [1.165, 1.54) is 24.3 Å². The zero-order valence-electron chi connectivity index (χ0n) is 18.5. The standard InChI is InChI=1S/C22H27FN4O6/c1-16-19(25-33-24-16)12-20(28)27-8-11-32-22(14-27,13-21(29)26-6-9-30-10-7-26)15-31-18-4-2-17(23)3-5-18/h2-5H,6-15H2,1H3/t22-/m1/s1. The number of hydrogen-bond acceptors (Lipinski definition) is 8. The second-order valence-corrected chi connectivity index (χ2v) is 8.23. The van der Waals surface area contributed by atoms with Gasteiger partial charge in [0.25, 0.3) is 0 Å². The summed E-state index contributed by atoms with van der Waals surface area (Å²) in [5.41, 5.74) is -0.0107. The van der Waals surface area contributed by atoms with Gasteiger partial charge in [0.1, 0.15) is 35.2 Å². The zero-order chi connectivity index (χ0) is 23.3. The summed E-state index contributed by atoms with van der Waals surface area (Å²) in [6.07, 6.45) is 0.0875. The van der Waals surface area contributed by atoms with E-state index in [9.17, 15) is 14.0 Å². The number of carbonyl (C=O) groups excluding carboxylic acids is 2. The third-order valence-electron chi connectivity index (χ3n) is 5.82. The number of morpholine rings is 2. The lowest BCUT2D eigenvalue weighted by molar-refractivity contribution is -0.167. The minimum atomic E-state index is -1.05. The van der Waals surface area contributed by atoms with Gasteiger partial charge >= 0.3 is 0 Å². The van der Waals surface area contributed by atoms with Crippen LogP contribution in [-0.4, -0.2) is 90.1 Å². The Bertz CT molecular complexity index is 962. The lowest BCUT2D eigenvalue weighted by Gasteiger charge is -2.43. The fraction of sp³-hybridized carbons (Fsp3) is 0.545. The molecule has 4 rings (SSSR count). The van der Waals surface area contributed by atoms with E-state index in [1.54, 1.807) is 16.7 Å². The van der Waals surface area contributed by atoms with Crippen molar-refractivity contribution in [3.05, 3.63) is 41.5 Å². The van der Waals surface area contributed by atoms with Gasteiger partial charge in [0.05, 0.1) is 39.2 Å². The first-order valence-corrected chi connectivity index (χ1v) is 10.9. The first-order chi connectivity index (χ1) is 15.9. The molecule has 1 aromatic heterocycles. The summed E-state index contributed by atoms with van der Waals surface area (Å²) in [7, 11) is 0. The van der Waals surface area contributed by atoms with Gasteiger partial charge in [-0.05, 0) is 31.2 Å². The molecule has 2 aliphatic heterocycles. The molecule has 2 aliphatic rings. The van der Waals surface area contributed by atoms with Crippen molar-refractivity contribution in [1.82, 2.24) is 20.1 Å². The molecule has 2 fully saturated rings. The first-order valence-electron chi connectivity index (χ1n) is 10.9. The smallest absolute Gasteiger partial charge is 0.228 e. The first kappa shape index (κ1) is 23.1. The number of benzene rings is 1. The highest BCUT2D eigenvalue weighted by molar-refractivity contribution is 5.80. The molecule has 0 bridgehead atoms. The molecule has 11 heteroatoms. The molecule has 0 N–H and O–H groups in total. The molecule has 0 radical (unpaired) electrons. The number of nitrogens with zero attached hydrogens (tertiary/aromatic N) is 4. The topological polar surface area (TPSA) is 107 Å². The number of halogens is 1. The van der Waals surface area contributed by atoms with Gasteiger partial charge in [-0.15, -0.1) is 0 Å². The maximum Gasteiger partial charge on any atom is 0.228 e. The molecule has 10 nitrogen and oxygen atoms in total. The molecule has 1 atom stereocenters. The molecule has 0 unspecified atom stereocenters. The molecule has 2 amide bonds. The second-order valence-electron chi connectivity index (χ2n) is 8.23. The molecule has 2 saturated heterocycles. The van der Waals surface area contributed by atoms with Crippen LogP contribution in [0.25, 0.3) is 0 Å². The second kappa shape index (κ2) is 10.3. The van der Waals surface area contributed by atoms with Gasteiger partial charge in [-0.1, -0.05) is 10.3 Å². The van der Waals surface area contributed by atoms with Crippen LogP contribution in [-0.2, 0) is 25.5 Å². The van der Waals surface area contributed by atoms with Gasteiger partial charge in [0.2, 0.25) is 11.8 Å². The van der Waals surface area contributed by atoms with E-state index in [0.717, 1.165) is 0 Å². The summed E-state index contributed by atoms with van der Waals surface area (Å²) in [5, 5.41) is 7.50. The molecule has 33 heavy (non-hydrogen) atoms. The lowest BCUT2D eigenvalue weighted by atomic mass is 9.96. The highest BCUT2D eigenvalue weighted by Gasteiger charge is 2.42. The van der Waals surface area contributed by atoms with Crippen LogP contribution in [0.15, 0.2) is 28.9 Å². The van der Waals surface area contributed by atoms with E-state index < -0.39 is 5.60 Å². The largest absolute Gasteiger partial charge is 0.490 e. The van der Waals surface area contributed by atoms with E-state index in [1.807, 2.05) is 0 Å². The molecular weight excluding hydrogens is 435 g/mol. The Hall–Kier alpha value is -3.05. The van der Waals surface area contributed by atoms with Gasteiger partial charge in [-0.3, -0.25) is 9.59 Å². The Morgan fingerprint density at radius 3 is 2.48 bits per heavy atom. The Labute approximate surface area is 190 Å². The Kier molecular flexibility index (Phi) is 7.19. The van der Waals surface area contributed by atoms with Crippen LogP contribution in [0.3, 0.4) is 0 Å². The number of ether oxygens (including phenoxy) is 3. The average molecular weight is 462 g/mol. The maximum absolute atomic E-state index is 13.3. The van der Waals surface area contributed by atoms with Crippen molar-refractivity contribution >= 4 is 11.8 Å². The summed E-state index contributed by atoms with van der Waals surface area (Å²) in [6.45, 7) is 4.56. The predicted molar refractivity (Wildman–Crippen MR) is 112 cm³/mol. The SMILES string of the molecule is Cc1nonc1CC(=O)N1CCO[C@](COc2ccc(F)cc2)(CC(=O)N2CCOCC2)C1. The van der Waals surface area contributed by atoms with Crippen molar-refractivity contribution in [1.29, 1.82) is 0 Å². The third kappa shape index (κ3) is 5.85. The van der Waals surface area contributed by atoms with Gasteiger partial charge in [-0.25, -0.2) is 9.02 Å². The summed E-state index contributed by atoms with van der Waals surface area (Å²) in [4.78, 5) is 29.4. The predicted octanol–water partition coefficient (Wildman–Crippen LogP) is 0.985. The van der Waals surface area contributed by atoms with Crippen LogP contribution < -0.4 is 4.74 Å². The molecule has 1 aromatic carbocycles. The molecule has 0 saturated carbocycles. The van der Waals surface area contributed by atoms with Crippen molar-refractivity contribution in [2.24, 2.45) is 0 Å². The fourth-order valence-corrected chi connectivity index (χ4v) is 3.91. The number of amides is 2. The monoisotopic (exact) mass is 462 g/mol. The van der Waals surface area contributed by atoms with Crippen LogP contribution in [0.5, 0.6) is 5.75 Å².